The van der Waals surface area contributed by atoms with Crippen molar-refractivity contribution in [2.45, 2.75) is 43.6 Å². The zero-order chi connectivity index (χ0) is 11.5. The van der Waals surface area contributed by atoms with Crippen LogP contribution in [0.15, 0.2) is 6.07 Å². The maximum Gasteiger partial charge on any atom is 0.345 e. The summed E-state index contributed by atoms with van der Waals surface area (Å²) in [6.07, 6.45) is 5.39. The van der Waals surface area contributed by atoms with Crippen LogP contribution in [0.5, 0.6) is 0 Å². The first-order chi connectivity index (χ1) is 7.66. The van der Waals surface area contributed by atoms with Crippen molar-refractivity contribution >= 4 is 29.1 Å². The Morgan fingerprint density at radius 1 is 1.56 bits per heavy atom. The number of carboxylic acid groups (broad SMARTS) is 1. The monoisotopic (exact) mass is 256 g/mol. The fourth-order valence-electron chi connectivity index (χ4n) is 2.03. The molecule has 0 amide bonds. The molecule has 0 aliphatic heterocycles. The highest BCUT2D eigenvalue weighted by molar-refractivity contribution is 7.99. The zero-order valence-electron chi connectivity index (χ0n) is 9.36. The quantitative estimate of drug-likeness (QED) is 0.887. The Hall–Kier alpha value is -0.480. The molecule has 0 bridgehead atoms. The smallest absolute Gasteiger partial charge is 0.345 e. The van der Waals surface area contributed by atoms with Crippen molar-refractivity contribution in [1.82, 2.24) is 0 Å². The van der Waals surface area contributed by atoms with Crippen LogP contribution in [0.4, 0.5) is 0 Å². The molecular formula is C12H16O2S2. The fraction of sp³-hybridized carbons (Fsp3) is 0.583. The van der Waals surface area contributed by atoms with E-state index in [1.807, 2.05) is 24.8 Å². The molecule has 1 fully saturated rings. The van der Waals surface area contributed by atoms with Crippen molar-refractivity contribution in [1.29, 1.82) is 0 Å². The summed E-state index contributed by atoms with van der Waals surface area (Å²) >= 11 is 3.38. The number of aromatic carboxylic acids is 1. The molecular weight excluding hydrogens is 240 g/mol. The standard InChI is InChI=1S/C12H16O2S2/c1-8-9(6-11(16-8)12(13)14)7-15-10-4-2-3-5-10/h6,10H,2-5,7H2,1H3,(H,13,14). The molecule has 1 aromatic rings. The van der Waals surface area contributed by atoms with E-state index in [2.05, 4.69) is 0 Å². The van der Waals surface area contributed by atoms with Crippen LogP contribution >= 0.6 is 23.1 Å². The lowest BCUT2D eigenvalue weighted by molar-refractivity contribution is 0.0702. The first-order valence-electron chi connectivity index (χ1n) is 5.61. The van der Waals surface area contributed by atoms with Crippen LogP contribution in [0, 0.1) is 6.92 Å². The van der Waals surface area contributed by atoms with Gasteiger partial charge in [-0.15, -0.1) is 11.3 Å². The maximum atomic E-state index is 10.8. The van der Waals surface area contributed by atoms with Crippen LogP contribution in [0.3, 0.4) is 0 Å². The number of carboxylic acids is 1. The average molecular weight is 256 g/mol. The van der Waals surface area contributed by atoms with Crippen molar-refractivity contribution in [2.75, 3.05) is 0 Å². The number of hydrogen-bond acceptors (Lipinski definition) is 3. The van der Waals surface area contributed by atoms with Gasteiger partial charge in [0, 0.05) is 15.9 Å². The number of rotatable bonds is 4. The molecule has 0 aromatic carbocycles. The summed E-state index contributed by atoms with van der Waals surface area (Å²) in [6.45, 7) is 2.02. The lowest BCUT2D eigenvalue weighted by Crippen LogP contribution is -1.95. The van der Waals surface area contributed by atoms with E-state index in [4.69, 9.17) is 5.11 Å². The van der Waals surface area contributed by atoms with E-state index in [0.29, 0.717) is 4.88 Å². The van der Waals surface area contributed by atoms with Crippen molar-refractivity contribution in [2.24, 2.45) is 0 Å². The van der Waals surface area contributed by atoms with Crippen LogP contribution in [0.2, 0.25) is 0 Å². The molecule has 2 nitrogen and oxygen atoms in total. The van der Waals surface area contributed by atoms with Crippen molar-refractivity contribution in [3.63, 3.8) is 0 Å². The molecule has 16 heavy (non-hydrogen) atoms. The maximum absolute atomic E-state index is 10.8. The van der Waals surface area contributed by atoms with Crippen molar-refractivity contribution in [3.05, 3.63) is 21.4 Å². The third-order valence-corrected chi connectivity index (χ3v) is 5.51. The highest BCUT2D eigenvalue weighted by Crippen LogP contribution is 2.33. The number of aryl methyl sites for hydroxylation is 1. The lowest BCUT2D eigenvalue weighted by atomic mass is 10.3. The molecule has 1 saturated carbocycles. The van der Waals surface area contributed by atoms with Gasteiger partial charge in [-0.3, -0.25) is 0 Å². The topological polar surface area (TPSA) is 37.3 Å². The Bertz CT molecular complexity index is 378. The molecule has 1 N–H and O–H groups in total. The molecule has 0 unspecified atom stereocenters. The number of thioether (sulfide) groups is 1. The highest BCUT2D eigenvalue weighted by atomic mass is 32.2. The minimum Gasteiger partial charge on any atom is -0.477 e. The minimum absolute atomic E-state index is 0.472. The summed E-state index contributed by atoms with van der Waals surface area (Å²) in [4.78, 5) is 12.5. The predicted molar refractivity (Wildman–Crippen MR) is 69.6 cm³/mol. The van der Waals surface area contributed by atoms with E-state index >= 15 is 0 Å². The van der Waals surface area contributed by atoms with Gasteiger partial charge < -0.3 is 5.11 Å². The fourth-order valence-corrected chi connectivity index (χ4v) is 4.38. The molecule has 1 heterocycles. The third kappa shape index (κ3) is 2.80. The van der Waals surface area contributed by atoms with Gasteiger partial charge in [-0.05, 0) is 31.4 Å². The lowest BCUT2D eigenvalue weighted by Gasteiger charge is -2.07. The number of thiophene rings is 1. The Labute approximate surface area is 104 Å². The van der Waals surface area contributed by atoms with E-state index in [0.717, 1.165) is 15.9 Å². The van der Waals surface area contributed by atoms with Crippen molar-refractivity contribution < 1.29 is 9.90 Å². The van der Waals surface area contributed by atoms with Crippen LogP contribution in [-0.2, 0) is 5.75 Å². The van der Waals surface area contributed by atoms with Gasteiger partial charge in [0.05, 0.1) is 0 Å². The van der Waals surface area contributed by atoms with E-state index in [9.17, 15) is 4.79 Å². The van der Waals surface area contributed by atoms with Gasteiger partial charge >= 0.3 is 5.97 Å². The molecule has 0 radical (unpaired) electrons. The molecule has 0 saturated heterocycles. The van der Waals surface area contributed by atoms with Gasteiger partial charge in [0.25, 0.3) is 0 Å². The second kappa shape index (κ2) is 5.23. The predicted octanol–water partition coefficient (Wildman–Crippen LogP) is 3.93. The van der Waals surface area contributed by atoms with Gasteiger partial charge in [0.15, 0.2) is 0 Å². The summed E-state index contributed by atoms with van der Waals surface area (Å²) < 4.78 is 0. The molecule has 88 valence electrons. The summed E-state index contributed by atoms with van der Waals surface area (Å²) in [5.41, 5.74) is 1.21. The summed E-state index contributed by atoms with van der Waals surface area (Å²) in [7, 11) is 0. The second-order valence-corrected chi connectivity index (χ2v) is 6.76. The van der Waals surface area contributed by atoms with Gasteiger partial charge in [0.1, 0.15) is 4.88 Å². The van der Waals surface area contributed by atoms with Gasteiger partial charge in [0.2, 0.25) is 0 Å². The van der Waals surface area contributed by atoms with Crippen LogP contribution in [0.1, 0.15) is 45.8 Å². The Kier molecular flexibility index (Phi) is 3.92. The first-order valence-corrected chi connectivity index (χ1v) is 7.47. The highest BCUT2D eigenvalue weighted by Gasteiger charge is 2.17. The number of hydrogen-bond donors (Lipinski definition) is 1. The summed E-state index contributed by atoms with van der Waals surface area (Å²) in [5, 5.41) is 9.70. The van der Waals surface area contributed by atoms with E-state index in [-0.39, 0.29) is 0 Å². The zero-order valence-corrected chi connectivity index (χ0v) is 11.0. The Morgan fingerprint density at radius 3 is 2.81 bits per heavy atom. The van der Waals surface area contributed by atoms with Crippen LogP contribution in [-0.4, -0.2) is 16.3 Å². The molecule has 1 aliphatic carbocycles. The molecule has 4 heteroatoms. The Morgan fingerprint density at radius 2 is 2.25 bits per heavy atom. The van der Waals surface area contributed by atoms with E-state index < -0.39 is 5.97 Å². The van der Waals surface area contributed by atoms with Gasteiger partial charge in [-0.25, -0.2) is 4.79 Å². The molecule has 0 spiro atoms. The molecule has 2 rings (SSSR count). The number of carbonyl (C=O) groups is 1. The second-order valence-electron chi connectivity index (χ2n) is 4.21. The van der Waals surface area contributed by atoms with E-state index in [1.54, 1.807) is 0 Å². The van der Waals surface area contributed by atoms with Crippen LogP contribution in [0.25, 0.3) is 0 Å². The van der Waals surface area contributed by atoms with Crippen molar-refractivity contribution in [3.8, 4) is 0 Å². The van der Waals surface area contributed by atoms with Gasteiger partial charge in [-0.2, -0.15) is 11.8 Å². The largest absolute Gasteiger partial charge is 0.477 e. The normalized spacial score (nSPS) is 16.8. The third-order valence-electron chi connectivity index (χ3n) is 3.01. The SMILES string of the molecule is Cc1sc(C(=O)O)cc1CSC1CCCC1. The molecule has 0 atom stereocenters. The summed E-state index contributed by atoms with van der Waals surface area (Å²) in [5.74, 6) is 0.172. The Balaban J connectivity index is 1.95. The summed E-state index contributed by atoms with van der Waals surface area (Å²) in [6, 6.07) is 1.84. The first kappa shape index (κ1) is 12.0. The van der Waals surface area contributed by atoms with Crippen LogP contribution < -0.4 is 0 Å². The minimum atomic E-state index is -0.801. The average Bonchev–Trinajstić information content (AvgIpc) is 2.84. The van der Waals surface area contributed by atoms with E-state index in [1.165, 1.54) is 42.6 Å². The molecule has 1 aromatic heterocycles. The van der Waals surface area contributed by atoms with Gasteiger partial charge in [-0.1, -0.05) is 12.8 Å². The molecule has 1 aliphatic rings.